The minimum Gasteiger partial charge on any atom is -0.341 e. The van der Waals surface area contributed by atoms with E-state index in [0.29, 0.717) is 5.75 Å². The summed E-state index contributed by atoms with van der Waals surface area (Å²) < 4.78 is 11.5. The summed E-state index contributed by atoms with van der Waals surface area (Å²) in [4.78, 5) is 24.9. The molecule has 0 aliphatic heterocycles. The number of carbonyl (C=O) groups excluding carboxylic acids is 2. The Hall–Kier alpha value is -0.0800. The lowest BCUT2D eigenvalue weighted by atomic mass is 10.3. The molecular weight excluding hydrogens is 261 g/mol. The Balaban J connectivity index is 3.85. The zero-order chi connectivity index (χ0) is 11.7. The molecule has 0 bridgehead atoms. The van der Waals surface area contributed by atoms with Crippen LogP contribution in [0.3, 0.4) is 0 Å². The van der Waals surface area contributed by atoms with Gasteiger partial charge in [0.15, 0.2) is 0 Å². The first kappa shape index (κ1) is 14.9. The highest BCUT2D eigenvalue weighted by atomic mass is 32.2. The average Bonchev–Trinajstić information content (AvgIpc) is 2.25. The Bertz CT molecular complexity index is 218. The third kappa shape index (κ3) is 6.91. The maximum Gasteiger partial charge on any atom is 0.371 e. The standard InChI is InChI=1S/C7H12FNO3S3/c8-12-7(11)5(3-14)9-6(10)4-15-2-1-13/h5,13-14H,1-4H2,(H,9,10). The smallest absolute Gasteiger partial charge is 0.341 e. The van der Waals surface area contributed by atoms with Crippen LogP contribution >= 0.6 is 37.0 Å². The molecule has 1 N–H and O–H groups in total. The van der Waals surface area contributed by atoms with Crippen molar-refractivity contribution >= 4 is 48.9 Å². The summed E-state index contributed by atoms with van der Waals surface area (Å²) in [6.45, 7) is 0. The number of amides is 1. The lowest BCUT2D eigenvalue weighted by Crippen LogP contribution is -2.43. The quantitative estimate of drug-likeness (QED) is 0.467. The van der Waals surface area contributed by atoms with Crippen LogP contribution in [0, 0.1) is 0 Å². The Labute approximate surface area is 102 Å². The highest BCUT2D eigenvalue weighted by Crippen LogP contribution is 2.01. The molecule has 0 fully saturated rings. The third-order valence-electron chi connectivity index (χ3n) is 1.35. The topological polar surface area (TPSA) is 55.4 Å². The summed E-state index contributed by atoms with van der Waals surface area (Å²) in [5.74, 6) is 0.0930. The van der Waals surface area contributed by atoms with Crippen molar-refractivity contribution in [2.75, 3.05) is 23.0 Å². The predicted octanol–water partition coefficient (Wildman–Crippen LogP) is 0.492. The zero-order valence-electron chi connectivity index (χ0n) is 7.81. The molecule has 88 valence electrons. The monoisotopic (exact) mass is 273 g/mol. The molecule has 0 rings (SSSR count). The number of hydrogen-bond donors (Lipinski definition) is 3. The van der Waals surface area contributed by atoms with Crippen molar-refractivity contribution in [3.8, 4) is 0 Å². The Morgan fingerprint density at radius 2 is 2.13 bits per heavy atom. The first-order valence-electron chi connectivity index (χ1n) is 4.07. The molecule has 0 aromatic rings. The van der Waals surface area contributed by atoms with Gasteiger partial charge in [0, 0.05) is 16.0 Å². The molecule has 0 radical (unpaired) electrons. The van der Waals surface area contributed by atoms with E-state index in [-0.39, 0.29) is 17.4 Å². The predicted molar refractivity (Wildman–Crippen MR) is 64.2 cm³/mol. The fourth-order valence-electron chi connectivity index (χ4n) is 0.698. The van der Waals surface area contributed by atoms with Gasteiger partial charge in [-0.05, 0) is 5.75 Å². The van der Waals surface area contributed by atoms with Gasteiger partial charge < -0.3 is 5.32 Å². The second-order valence-corrected chi connectivity index (χ2v) is 4.39. The Kier molecular flexibility index (Phi) is 9.12. The molecule has 0 aliphatic carbocycles. The van der Waals surface area contributed by atoms with E-state index in [9.17, 15) is 14.1 Å². The van der Waals surface area contributed by atoms with E-state index in [1.807, 2.05) is 0 Å². The van der Waals surface area contributed by atoms with E-state index in [1.165, 1.54) is 11.8 Å². The molecule has 0 saturated heterocycles. The molecule has 4 nitrogen and oxygen atoms in total. The van der Waals surface area contributed by atoms with E-state index in [1.54, 1.807) is 0 Å². The number of thioether (sulfide) groups is 1. The molecule has 1 atom stereocenters. The molecule has 0 aromatic carbocycles. The minimum absolute atomic E-state index is 0.00821. The first-order chi connectivity index (χ1) is 7.15. The molecule has 0 spiro atoms. The maximum atomic E-state index is 11.5. The van der Waals surface area contributed by atoms with Crippen LogP contribution in [-0.2, 0) is 14.5 Å². The average molecular weight is 273 g/mol. The summed E-state index contributed by atoms with van der Waals surface area (Å²) in [7, 11) is 0. The molecule has 15 heavy (non-hydrogen) atoms. The second-order valence-electron chi connectivity index (χ2n) is 2.48. The van der Waals surface area contributed by atoms with Gasteiger partial charge in [-0.1, -0.05) is 0 Å². The zero-order valence-corrected chi connectivity index (χ0v) is 10.4. The molecule has 8 heteroatoms. The molecule has 0 aliphatic rings. The minimum atomic E-state index is -1.14. The van der Waals surface area contributed by atoms with Gasteiger partial charge in [-0.25, -0.2) is 4.79 Å². The van der Waals surface area contributed by atoms with E-state index >= 15 is 0 Å². The summed E-state index contributed by atoms with van der Waals surface area (Å²) in [6.07, 6.45) is 0. The lowest BCUT2D eigenvalue weighted by Gasteiger charge is -2.11. The molecule has 1 amide bonds. The molecule has 1 unspecified atom stereocenters. The Morgan fingerprint density at radius 1 is 1.47 bits per heavy atom. The van der Waals surface area contributed by atoms with Crippen molar-refractivity contribution in [2.45, 2.75) is 6.04 Å². The van der Waals surface area contributed by atoms with Gasteiger partial charge in [-0.15, -0.1) is 0 Å². The van der Waals surface area contributed by atoms with Crippen LogP contribution in [0.25, 0.3) is 0 Å². The fourth-order valence-corrected chi connectivity index (χ4v) is 1.87. The van der Waals surface area contributed by atoms with Crippen molar-refractivity contribution in [1.29, 1.82) is 0 Å². The van der Waals surface area contributed by atoms with Gasteiger partial charge in [0.1, 0.15) is 6.04 Å². The number of nitrogens with one attached hydrogen (secondary N) is 1. The van der Waals surface area contributed by atoms with Crippen molar-refractivity contribution in [3.05, 3.63) is 0 Å². The van der Waals surface area contributed by atoms with E-state index in [0.717, 1.165) is 5.75 Å². The van der Waals surface area contributed by atoms with Gasteiger partial charge in [0.2, 0.25) is 5.91 Å². The van der Waals surface area contributed by atoms with Crippen molar-refractivity contribution in [2.24, 2.45) is 0 Å². The summed E-state index contributed by atoms with van der Waals surface area (Å²) >= 11 is 9.14. The van der Waals surface area contributed by atoms with Crippen molar-refractivity contribution < 1.29 is 19.1 Å². The van der Waals surface area contributed by atoms with Crippen LogP contribution in [0.5, 0.6) is 0 Å². The van der Waals surface area contributed by atoms with Gasteiger partial charge in [0.25, 0.3) is 0 Å². The highest BCUT2D eigenvalue weighted by molar-refractivity contribution is 8.00. The van der Waals surface area contributed by atoms with Gasteiger partial charge >= 0.3 is 5.97 Å². The van der Waals surface area contributed by atoms with Crippen LogP contribution < -0.4 is 5.32 Å². The summed E-state index contributed by atoms with van der Waals surface area (Å²) in [6, 6.07) is -1.04. The summed E-state index contributed by atoms with van der Waals surface area (Å²) in [5.41, 5.74) is 0. The summed E-state index contributed by atoms with van der Waals surface area (Å²) in [5, 5.41) is 2.30. The normalized spacial score (nSPS) is 11.9. The molecular formula is C7H12FNO3S3. The van der Waals surface area contributed by atoms with Crippen LogP contribution in [0.1, 0.15) is 0 Å². The van der Waals surface area contributed by atoms with E-state index in [4.69, 9.17) is 0 Å². The van der Waals surface area contributed by atoms with Gasteiger partial charge in [0.05, 0.1) is 5.75 Å². The van der Waals surface area contributed by atoms with Gasteiger partial charge in [-0.2, -0.15) is 37.0 Å². The van der Waals surface area contributed by atoms with Crippen molar-refractivity contribution in [1.82, 2.24) is 5.32 Å². The number of carbonyl (C=O) groups is 2. The number of rotatable bonds is 7. The number of halogens is 1. The van der Waals surface area contributed by atoms with Crippen molar-refractivity contribution in [3.63, 3.8) is 0 Å². The van der Waals surface area contributed by atoms with Crippen LogP contribution in [0.15, 0.2) is 0 Å². The first-order valence-corrected chi connectivity index (χ1v) is 6.49. The van der Waals surface area contributed by atoms with E-state index < -0.39 is 12.0 Å². The number of hydrogen-bond acceptors (Lipinski definition) is 6. The third-order valence-corrected chi connectivity index (χ3v) is 3.20. The SMILES string of the molecule is O=C(CSCCS)NC(CS)C(=O)OF. The molecule has 0 heterocycles. The molecule has 0 saturated carbocycles. The maximum absolute atomic E-state index is 11.5. The van der Waals surface area contributed by atoms with Crippen LogP contribution in [0.2, 0.25) is 0 Å². The second kappa shape index (κ2) is 9.17. The largest absolute Gasteiger partial charge is 0.371 e. The lowest BCUT2D eigenvalue weighted by molar-refractivity contribution is -0.185. The highest BCUT2D eigenvalue weighted by Gasteiger charge is 2.21. The number of thiol groups is 2. The van der Waals surface area contributed by atoms with Gasteiger partial charge in [-0.3, -0.25) is 9.74 Å². The van der Waals surface area contributed by atoms with Crippen LogP contribution in [0.4, 0.5) is 4.53 Å². The van der Waals surface area contributed by atoms with E-state index in [2.05, 4.69) is 35.5 Å². The van der Waals surface area contributed by atoms with Crippen LogP contribution in [-0.4, -0.2) is 40.9 Å². The molecule has 0 aromatic heterocycles. The Morgan fingerprint density at radius 3 is 2.60 bits per heavy atom. The fraction of sp³-hybridized carbons (Fsp3) is 0.714.